The van der Waals surface area contributed by atoms with Crippen molar-refractivity contribution in [2.45, 2.75) is 74.7 Å². The molecule has 0 rings (SSSR count). The molecule has 0 N–H and O–H groups in total. The Balaban J connectivity index is 4.54. The van der Waals surface area contributed by atoms with Crippen LogP contribution in [0, 0.1) is 5.92 Å². The lowest BCUT2D eigenvalue weighted by Crippen LogP contribution is -1.81. The first-order chi connectivity index (χ1) is 14.2. The summed E-state index contributed by atoms with van der Waals surface area (Å²) in [5.41, 5.74) is 6.56. The maximum Gasteiger partial charge on any atom is -0.0285 e. The summed E-state index contributed by atoms with van der Waals surface area (Å²) in [5, 5.41) is 0. The van der Waals surface area contributed by atoms with Crippen LogP contribution in [0.1, 0.15) is 74.7 Å². The van der Waals surface area contributed by atoms with E-state index in [4.69, 9.17) is 0 Å². The van der Waals surface area contributed by atoms with Gasteiger partial charge in [0.25, 0.3) is 0 Å². The Morgan fingerprint density at radius 1 is 0.633 bits per heavy atom. The summed E-state index contributed by atoms with van der Waals surface area (Å²) in [6, 6.07) is 0. The van der Waals surface area contributed by atoms with Gasteiger partial charge in [-0.25, -0.2) is 0 Å². The van der Waals surface area contributed by atoms with E-state index in [1.807, 2.05) is 0 Å². The summed E-state index contributed by atoms with van der Waals surface area (Å²) in [7, 11) is 0. The van der Waals surface area contributed by atoms with Gasteiger partial charge < -0.3 is 0 Å². The minimum atomic E-state index is 0.716. The van der Waals surface area contributed by atoms with Gasteiger partial charge in [-0.15, -0.1) is 0 Å². The molecule has 0 radical (unpaired) electrons. The number of hydrogen-bond acceptors (Lipinski definition) is 0. The molecule has 0 saturated heterocycles. The fourth-order valence-corrected chi connectivity index (χ4v) is 2.50. The first-order valence-electron chi connectivity index (χ1n) is 11.2. The van der Waals surface area contributed by atoms with Crippen LogP contribution in [0.4, 0.5) is 0 Å². The minimum absolute atomic E-state index is 0.716. The highest BCUT2D eigenvalue weighted by Gasteiger charge is 1.88. The van der Waals surface area contributed by atoms with Crippen molar-refractivity contribution in [1.82, 2.24) is 0 Å². The first kappa shape index (κ1) is 27.7. The van der Waals surface area contributed by atoms with Gasteiger partial charge in [0.1, 0.15) is 0 Å². The summed E-state index contributed by atoms with van der Waals surface area (Å²) < 4.78 is 0. The van der Waals surface area contributed by atoms with Gasteiger partial charge in [-0.2, -0.15) is 0 Å². The first-order valence-corrected chi connectivity index (χ1v) is 11.2. The predicted molar refractivity (Wildman–Crippen MR) is 140 cm³/mol. The molecule has 0 atom stereocenters. The zero-order valence-corrected chi connectivity index (χ0v) is 20.7. The number of hydrogen-bond donors (Lipinski definition) is 0. The monoisotopic (exact) mass is 404 g/mol. The molecule has 164 valence electrons. The molecule has 0 amide bonds. The van der Waals surface area contributed by atoms with Crippen molar-refractivity contribution >= 4 is 0 Å². The van der Waals surface area contributed by atoms with E-state index in [0.717, 1.165) is 19.3 Å². The molecule has 0 unspecified atom stereocenters. The Morgan fingerprint density at radius 3 is 1.67 bits per heavy atom. The second kappa shape index (κ2) is 17.5. The third kappa shape index (κ3) is 19.0. The lowest BCUT2D eigenvalue weighted by molar-refractivity contribution is 0.663. The van der Waals surface area contributed by atoms with Crippen LogP contribution in [0.15, 0.2) is 107 Å². The molecule has 0 aromatic heterocycles. The molecule has 0 aliphatic heterocycles. The lowest BCUT2D eigenvalue weighted by Gasteiger charge is -1.96. The highest BCUT2D eigenvalue weighted by Crippen LogP contribution is 2.08. The van der Waals surface area contributed by atoms with Gasteiger partial charge >= 0.3 is 0 Å². The summed E-state index contributed by atoms with van der Waals surface area (Å²) in [5.74, 6) is 0.716. The average Bonchev–Trinajstić information content (AvgIpc) is 2.64. The third-order valence-electron chi connectivity index (χ3n) is 4.37. The van der Waals surface area contributed by atoms with Crippen LogP contribution < -0.4 is 0 Å². The summed E-state index contributed by atoms with van der Waals surface area (Å²) in [6.45, 7) is 17.4. The van der Waals surface area contributed by atoms with Gasteiger partial charge in [0.05, 0.1) is 0 Å². The van der Waals surface area contributed by atoms with Crippen LogP contribution in [0.3, 0.4) is 0 Å². The molecule has 0 saturated carbocycles. The SMILES string of the molecule is CC(C)=CCC/C(C)=C/C=C/C(C)=C/C=C/C=C(C)/C=C/C=C(C)/C=C/CC(C)C. The predicted octanol–water partition coefficient (Wildman–Crippen LogP) is 9.79. The second-order valence-electron chi connectivity index (χ2n) is 8.70. The lowest BCUT2D eigenvalue weighted by atomic mass is 10.1. The summed E-state index contributed by atoms with van der Waals surface area (Å²) in [4.78, 5) is 0. The molecule has 0 aliphatic carbocycles. The quantitative estimate of drug-likeness (QED) is 0.224. The Hall–Kier alpha value is -2.34. The van der Waals surface area contributed by atoms with E-state index in [1.54, 1.807) is 0 Å². The van der Waals surface area contributed by atoms with Crippen molar-refractivity contribution in [3.63, 3.8) is 0 Å². The second-order valence-corrected chi connectivity index (χ2v) is 8.70. The van der Waals surface area contributed by atoms with Crippen LogP contribution >= 0.6 is 0 Å². The van der Waals surface area contributed by atoms with E-state index in [-0.39, 0.29) is 0 Å². The van der Waals surface area contributed by atoms with E-state index in [9.17, 15) is 0 Å². The Bertz CT molecular complexity index is 746. The summed E-state index contributed by atoms with van der Waals surface area (Å²) in [6.07, 6.45) is 31.5. The van der Waals surface area contributed by atoms with E-state index >= 15 is 0 Å². The fraction of sp³-hybridized carbons (Fsp3) is 0.400. The standard InChI is InChI=1S/C30H44/c1-25(2)15-11-19-29(7)23-13-21-27(5)17-9-10-18-28(6)22-14-24-30(8)20-12-16-26(3)4/h9-11,13-14,16-19,21-25H,12,15,20H2,1-8H3/b10-9+,19-11+,21-13+,22-14+,27-17+,28-18+,29-23+,30-24+. The van der Waals surface area contributed by atoms with Crippen molar-refractivity contribution in [3.8, 4) is 0 Å². The van der Waals surface area contributed by atoms with E-state index in [1.165, 1.54) is 27.9 Å². The molecule has 0 bridgehead atoms. The zero-order chi connectivity index (χ0) is 22.8. The molecular formula is C30H44. The van der Waals surface area contributed by atoms with E-state index in [0.29, 0.717) is 5.92 Å². The minimum Gasteiger partial charge on any atom is -0.0856 e. The van der Waals surface area contributed by atoms with Crippen molar-refractivity contribution in [3.05, 3.63) is 107 Å². The van der Waals surface area contributed by atoms with Crippen molar-refractivity contribution in [2.24, 2.45) is 5.92 Å². The van der Waals surface area contributed by atoms with Gasteiger partial charge in [-0.05, 0) is 66.7 Å². The maximum absolute atomic E-state index is 2.30. The van der Waals surface area contributed by atoms with Gasteiger partial charge in [0, 0.05) is 0 Å². The van der Waals surface area contributed by atoms with Crippen molar-refractivity contribution in [1.29, 1.82) is 0 Å². The molecule has 30 heavy (non-hydrogen) atoms. The highest BCUT2D eigenvalue weighted by molar-refractivity contribution is 5.30. The van der Waals surface area contributed by atoms with Gasteiger partial charge in [0.2, 0.25) is 0 Å². The fourth-order valence-electron chi connectivity index (χ4n) is 2.50. The van der Waals surface area contributed by atoms with Crippen molar-refractivity contribution < 1.29 is 0 Å². The van der Waals surface area contributed by atoms with E-state index in [2.05, 4.69) is 134 Å². The van der Waals surface area contributed by atoms with Crippen LogP contribution in [0.2, 0.25) is 0 Å². The smallest absolute Gasteiger partial charge is 0.0285 e. The average molecular weight is 405 g/mol. The zero-order valence-electron chi connectivity index (χ0n) is 20.7. The Morgan fingerprint density at radius 2 is 1.13 bits per heavy atom. The largest absolute Gasteiger partial charge is 0.0856 e. The Kier molecular flexibility index (Phi) is 16.1. The molecule has 0 heterocycles. The molecule has 0 fully saturated rings. The summed E-state index contributed by atoms with van der Waals surface area (Å²) >= 11 is 0. The third-order valence-corrected chi connectivity index (χ3v) is 4.37. The molecule has 0 nitrogen and oxygen atoms in total. The van der Waals surface area contributed by atoms with Crippen LogP contribution in [-0.4, -0.2) is 0 Å². The number of allylic oxidation sites excluding steroid dienone is 18. The van der Waals surface area contributed by atoms with Crippen LogP contribution in [0.25, 0.3) is 0 Å². The molecule has 0 aromatic carbocycles. The molecule has 0 aliphatic rings. The molecule has 0 spiro atoms. The maximum atomic E-state index is 2.30. The Labute approximate surface area is 187 Å². The van der Waals surface area contributed by atoms with Crippen molar-refractivity contribution in [2.75, 3.05) is 0 Å². The molecular weight excluding hydrogens is 360 g/mol. The van der Waals surface area contributed by atoms with Crippen LogP contribution in [-0.2, 0) is 0 Å². The van der Waals surface area contributed by atoms with Gasteiger partial charge in [-0.3, -0.25) is 0 Å². The van der Waals surface area contributed by atoms with Crippen LogP contribution in [0.5, 0.6) is 0 Å². The molecule has 0 heteroatoms. The topological polar surface area (TPSA) is 0 Å². The normalized spacial score (nSPS) is 15.0. The highest BCUT2D eigenvalue weighted by atomic mass is 13.9. The van der Waals surface area contributed by atoms with Gasteiger partial charge in [-0.1, -0.05) is 121 Å². The van der Waals surface area contributed by atoms with E-state index < -0.39 is 0 Å². The number of rotatable bonds is 12. The van der Waals surface area contributed by atoms with Gasteiger partial charge in [0.15, 0.2) is 0 Å². The molecule has 0 aromatic rings.